The molecule has 18 heavy (non-hydrogen) atoms. The van der Waals surface area contributed by atoms with Gasteiger partial charge in [0.05, 0.1) is 12.1 Å². The molecule has 0 amide bonds. The molecule has 0 aliphatic carbocycles. The number of rotatable bonds is 5. The van der Waals surface area contributed by atoms with Gasteiger partial charge in [0.1, 0.15) is 0 Å². The van der Waals surface area contributed by atoms with Crippen molar-refractivity contribution in [2.45, 2.75) is 44.7 Å². The van der Waals surface area contributed by atoms with E-state index in [0.717, 1.165) is 25.8 Å². The van der Waals surface area contributed by atoms with Crippen molar-refractivity contribution in [3.8, 4) is 0 Å². The summed E-state index contributed by atoms with van der Waals surface area (Å²) in [5.74, 6) is 0. The lowest BCUT2D eigenvalue weighted by Crippen LogP contribution is -2.57. The Hall–Kier alpha value is -0.160. The molecule has 0 aromatic rings. The van der Waals surface area contributed by atoms with E-state index in [1.54, 1.807) is 0 Å². The molecule has 2 saturated heterocycles. The van der Waals surface area contributed by atoms with Crippen LogP contribution in [0.4, 0.5) is 0 Å². The van der Waals surface area contributed by atoms with Gasteiger partial charge in [-0.15, -0.1) is 0 Å². The van der Waals surface area contributed by atoms with Crippen LogP contribution in [0, 0.1) is 0 Å². The number of hydrogen-bond acceptors (Lipinski definition) is 4. The molecule has 4 nitrogen and oxygen atoms in total. The van der Waals surface area contributed by atoms with E-state index in [-0.39, 0.29) is 5.54 Å². The smallest absolute Gasteiger partial charge is 0.0659 e. The highest BCUT2D eigenvalue weighted by Crippen LogP contribution is 2.25. The molecule has 106 valence electrons. The van der Waals surface area contributed by atoms with Crippen LogP contribution >= 0.6 is 0 Å². The molecule has 2 aliphatic heterocycles. The summed E-state index contributed by atoms with van der Waals surface area (Å²) in [7, 11) is 0. The normalized spacial score (nSPS) is 29.8. The Balaban J connectivity index is 2.00. The third kappa shape index (κ3) is 3.05. The standard InChI is InChI=1S/C14H29N3O/c1-3-18-12-14(2,11-15)17-9-5-8-16-7-4-6-13(16)10-17/h13H,3-12,15H2,1-2H3. The number of ether oxygens (including phenoxy) is 1. The molecule has 2 fully saturated rings. The Morgan fingerprint density at radius 3 is 2.78 bits per heavy atom. The van der Waals surface area contributed by atoms with Crippen molar-refractivity contribution in [3.05, 3.63) is 0 Å². The summed E-state index contributed by atoms with van der Waals surface area (Å²) in [5.41, 5.74) is 6.04. The zero-order valence-electron chi connectivity index (χ0n) is 12.0. The van der Waals surface area contributed by atoms with Gasteiger partial charge >= 0.3 is 0 Å². The second-order valence-corrected chi connectivity index (χ2v) is 5.97. The van der Waals surface area contributed by atoms with Gasteiger partial charge in [-0.05, 0) is 46.2 Å². The van der Waals surface area contributed by atoms with Crippen LogP contribution in [-0.2, 0) is 4.74 Å². The number of fused-ring (bicyclic) bond motifs is 1. The third-order valence-corrected chi connectivity index (χ3v) is 4.62. The van der Waals surface area contributed by atoms with Crippen molar-refractivity contribution in [2.75, 3.05) is 45.9 Å². The molecule has 2 heterocycles. The molecule has 0 aromatic heterocycles. The maximum atomic E-state index is 6.03. The summed E-state index contributed by atoms with van der Waals surface area (Å²) in [4.78, 5) is 5.25. The van der Waals surface area contributed by atoms with Crippen LogP contribution in [0.5, 0.6) is 0 Å². The highest BCUT2D eigenvalue weighted by Gasteiger charge is 2.36. The summed E-state index contributed by atoms with van der Waals surface area (Å²) < 4.78 is 5.66. The van der Waals surface area contributed by atoms with E-state index in [9.17, 15) is 0 Å². The predicted octanol–water partition coefficient (Wildman–Crippen LogP) is 0.910. The van der Waals surface area contributed by atoms with Crippen molar-refractivity contribution in [1.82, 2.24) is 9.80 Å². The van der Waals surface area contributed by atoms with E-state index >= 15 is 0 Å². The summed E-state index contributed by atoms with van der Waals surface area (Å²) in [6.07, 6.45) is 3.98. The molecule has 0 aromatic carbocycles. The van der Waals surface area contributed by atoms with Crippen LogP contribution < -0.4 is 5.73 Å². The van der Waals surface area contributed by atoms with Gasteiger partial charge in [0.25, 0.3) is 0 Å². The molecular weight excluding hydrogens is 226 g/mol. The van der Waals surface area contributed by atoms with Gasteiger partial charge in [-0.2, -0.15) is 0 Å². The molecule has 0 saturated carbocycles. The van der Waals surface area contributed by atoms with Crippen molar-refractivity contribution in [1.29, 1.82) is 0 Å². The molecule has 2 atom stereocenters. The molecule has 2 aliphatic rings. The van der Waals surface area contributed by atoms with Gasteiger partial charge in [-0.1, -0.05) is 0 Å². The van der Waals surface area contributed by atoms with E-state index in [1.165, 1.54) is 38.9 Å². The fourth-order valence-electron chi connectivity index (χ4n) is 3.30. The minimum Gasteiger partial charge on any atom is -0.380 e. The first-order chi connectivity index (χ1) is 8.69. The predicted molar refractivity (Wildman–Crippen MR) is 74.7 cm³/mol. The minimum absolute atomic E-state index is 0.00854. The molecular formula is C14H29N3O. The average Bonchev–Trinajstić information content (AvgIpc) is 2.73. The van der Waals surface area contributed by atoms with Crippen molar-refractivity contribution in [2.24, 2.45) is 5.73 Å². The fourth-order valence-corrected chi connectivity index (χ4v) is 3.30. The van der Waals surface area contributed by atoms with Crippen LogP contribution in [0.2, 0.25) is 0 Å². The van der Waals surface area contributed by atoms with Crippen LogP contribution in [0.25, 0.3) is 0 Å². The first-order valence-electron chi connectivity index (χ1n) is 7.46. The Morgan fingerprint density at radius 1 is 1.28 bits per heavy atom. The lowest BCUT2D eigenvalue weighted by Gasteiger charge is -2.41. The van der Waals surface area contributed by atoms with E-state index < -0.39 is 0 Å². The maximum absolute atomic E-state index is 6.03. The van der Waals surface area contributed by atoms with Gasteiger partial charge in [0.2, 0.25) is 0 Å². The maximum Gasteiger partial charge on any atom is 0.0659 e. The third-order valence-electron chi connectivity index (χ3n) is 4.62. The molecule has 0 radical (unpaired) electrons. The molecule has 0 spiro atoms. The topological polar surface area (TPSA) is 41.7 Å². The van der Waals surface area contributed by atoms with Crippen molar-refractivity contribution >= 4 is 0 Å². The second-order valence-electron chi connectivity index (χ2n) is 5.97. The number of hydrogen-bond donors (Lipinski definition) is 1. The van der Waals surface area contributed by atoms with Gasteiger partial charge < -0.3 is 10.5 Å². The van der Waals surface area contributed by atoms with Crippen LogP contribution in [0.15, 0.2) is 0 Å². The van der Waals surface area contributed by atoms with Crippen LogP contribution in [-0.4, -0.2) is 67.3 Å². The molecule has 0 bridgehead atoms. The van der Waals surface area contributed by atoms with Crippen LogP contribution in [0.3, 0.4) is 0 Å². The van der Waals surface area contributed by atoms with Crippen LogP contribution in [0.1, 0.15) is 33.1 Å². The molecule has 2 unspecified atom stereocenters. The molecule has 4 heteroatoms. The van der Waals surface area contributed by atoms with Crippen molar-refractivity contribution < 1.29 is 4.74 Å². The Bertz CT molecular complexity index is 261. The average molecular weight is 255 g/mol. The highest BCUT2D eigenvalue weighted by molar-refractivity contribution is 4.93. The monoisotopic (exact) mass is 255 g/mol. The zero-order valence-corrected chi connectivity index (χ0v) is 12.0. The minimum atomic E-state index is 0.00854. The van der Waals surface area contributed by atoms with E-state index in [1.807, 2.05) is 0 Å². The summed E-state index contributed by atoms with van der Waals surface area (Å²) in [6, 6.07) is 0.750. The highest BCUT2D eigenvalue weighted by atomic mass is 16.5. The van der Waals surface area contributed by atoms with Crippen molar-refractivity contribution in [3.63, 3.8) is 0 Å². The summed E-state index contributed by atoms with van der Waals surface area (Å²) in [5, 5.41) is 0. The number of nitrogens with zero attached hydrogens (tertiary/aromatic N) is 2. The lowest BCUT2D eigenvalue weighted by atomic mass is 9.99. The first-order valence-corrected chi connectivity index (χ1v) is 7.46. The Morgan fingerprint density at radius 2 is 2.06 bits per heavy atom. The SMILES string of the molecule is CCOCC(C)(CN)N1CCCN2CCCC2C1. The number of nitrogens with two attached hydrogens (primary N) is 1. The second kappa shape index (κ2) is 6.33. The quantitative estimate of drug-likeness (QED) is 0.793. The Kier molecular flexibility index (Phi) is 5.01. The van der Waals surface area contributed by atoms with Gasteiger partial charge in [0.15, 0.2) is 0 Å². The van der Waals surface area contributed by atoms with Gasteiger partial charge in [-0.3, -0.25) is 9.80 Å². The Labute approximate surface area is 111 Å². The fraction of sp³-hybridized carbons (Fsp3) is 1.00. The van der Waals surface area contributed by atoms with E-state index in [4.69, 9.17) is 10.5 Å². The van der Waals surface area contributed by atoms with Gasteiger partial charge in [0, 0.05) is 32.3 Å². The summed E-state index contributed by atoms with van der Waals surface area (Å²) in [6.45, 7) is 11.4. The zero-order chi connectivity index (χ0) is 13.0. The van der Waals surface area contributed by atoms with E-state index in [0.29, 0.717) is 6.54 Å². The van der Waals surface area contributed by atoms with Gasteiger partial charge in [-0.25, -0.2) is 0 Å². The largest absolute Gasteiger partial charge is 0.380 e. The lowest BCUT2D eigenvalue weighted by molar-refractivity contribution is 0.00730. The summed E-state index contributed by atoms with van der Waals surface area (Å²) >= 11 is 0. The van der Waals surface area contributed by atoms with E-state index in [2.05, 4.69) is 23.6 Å². The first kappa shape index (κ1) is 14.3. The molecule has 2 N–H and O–H groups in total. The molecule has 2 rings (SSSR count).